The Kier molecular flexibility index (Phi) is 2.63. The minimum Gasteiger partial charge on any atom is -0.368 e. The van der Waals surface area contributed by atoms with E-state index in [0.29, 0.717) is 0 Å². The fraction of sp³-hybridized carbons (Fsp3) is 0.556. The minimum atomic E-state index is -4.45. The van der Waals surface area contributed by atoms with Gasteiger partial charge in [-0.15, -0.1) is 0 Å². The van der Waals surface area contributed by atoms with Crippen LogP contribution in [0.5, 0.6) is 0 Å². The van der Waals surface area contributed by atoms with Gasteiger partial charge >= 0.3 is 6.18 Å². The Labute approximate surface area is 85.5 Å². The molecule has 0 aliphatic rings. The van der Waals surface area contributed by atoms with Crippen LogP contribution in [0.1, 0.15) is 32.0 Å². The second-order valence-corrected chi connectivity index (χ2v) is 4.24. The van der Waals surface area contributed by atoms with Gasteiger partial charge in [0.1, 0.15) is 0 Å². The Hall–Kier alpha value is -1.33. The second kappa shape index (κ2) is 3.36. The molecule has 1 aromatic heterocycles. The summed E-state index contributed by atoms with van der Waals surface area (Å²) < 4.78 is 37.8. The van der Waals surface area contributed by atoms with Crippen LogP contribution in [0.4, 0.5) is 19.1 Å². The molecule has 84 valence electrons. The maximum Gasteiger partial charge on any atom is 0.419 e. The fourth-order valence-corrected chi connectivity index (χ4v) is 1.17. The van der Waals surface area contributed by atoms with Crippen molar-refractivity contribution in [1.82, 2.24) is 9.97 Å². The zero-order valence-electron chi connectivity index (χ0n) is 8.68. The topological polar surface area (TPSA) is 51.8 Å². The molecule has 1 heterocycles. The molecule has 0 unspecified atom stereocenters. The molecule has 6 heteroatoms. The van der Waals surface area contributed by atoms with Crippen molar-refractivity contribution in [3.8, 4) is 0 Å². The number of nitrogens with zero attached hydrogens (tertiary/aromatic N) is 2. The van der Waals surface area contributed by atoms with Crippen LogP contribution in [0.2, 0.25) is 0 Å². The summed E-state index contributed by atoms with van der Waals surface area (Å²) >= 11 is 0. The molecule has 0 aromatic carbocycles. The van der Waals surface area contributed by atoms with E-state index in [2.05, 4.69) is 9.97 Å². The first-order chi connectivity index (χ1) is 6.62. The average Bonchev–Trinajstić information content (AvgIpc) is 2.00. The van der Waals surface area contributed by atoms with Crippen LogP contribution >= 0.6 is 0 Å². The van der Waals surface area contributed by atoms with Crippen LogP contribution in [0.3, 0.4) is 0 Å². The highest BCUT2D eigenvalue weighted by Gasteiger charge is 2.38. The first-order valence-electron chi connectivity index (χ1n) is 4.32. The van der Waals surface area contributed by atoms with Crippen molar-refractivity contribution >= 4 is 5.95 Å². The van der Waals surface area contributed by atoms with Crippen LogP contribution in [-0.4, -0.2) is 9.97 Å². The second-order valence-electron chi connectivity index (χ2n) is 4.24. The number of aromatic nitrogens is 2. The molecule has 0 saturated carbocycles. The van der Waals surface area contributed by atoms with Gasteiger partial charge < -0.3 is 5.73 Å². The monoisotopic (exact) mass is 219 g/mol. The lowest BCUT2D eigenvalue weighted by atomic mass is 9.89. The van der Waals surface area contributed by atoms with E-state index >= 15 is 0 Å². The molecule has 0 amide bonds. The highest BCUT2D eigenvalue weighted by Crippen LogP contribution is 2.35. The molecule has 2 N–H and O–H groups in total. The van der Waals surface area contributed by atoms with Crippen molar-refractivity contribution < 1.29 is 13.2 Å². The lowest BCUT2D eigenvalue weighted by Crippen LogP contribution is -2.22. The summed E-state index contributed by atoms with van der Waals surface area (Å²) in [6, 6.07) is 0. The van der Waals surface area contributed by atoms with Gasteiger partial charge in [0.15, 0.2) is 0 Å². The molecular weight excluding hydrogens is 207 g/mol. The molecule has 15 heavy (non-hydrogen) atoms. The Bertz CT molecular complexity index is 366. The van der Waals surface area contributed by atoms with Gasteiger partial charge in [-0.25, -0.2) is 9.97 Å². The Morgan fingerprint density at radius 3 is 2.13 bits per heavy atom. The molecule has 0 fully saturated rings. The maximum atomic E-state index is 12.6. The third kappa shape index (κ3) is 2.57. The Morgan fingerprint density at radius 2 is 1.73 bits per heavy atom. The molecule has 0 aliphatic heterocycles. The summed E-state index contributed by atoms with van der Waals surface area (Å²) in [6.07, 6.45) is -3.72. The van der Waals surface area contributed by atoms with Crippen molar-refractivity contribution in [2.45, 2.75) is 32.4 Å². The Balaban J connectivity index is 3.41. The molecule has 0 aliphatic carbocycles. The summed E-state index contributed by atoms with van der Waals surface area (Å²) in [4.78, 5) is 7.02. The number of alkyl halides is 3. The lowest BCUT2D eigenvalue weighted by Gasteiger charge is -2.22. The molecule has 0 atom stereocenters. The number of halogens is 3. The highest BCUT2D eigenvalue weighted by atomic mass is 19.4. The van der Waals surface area contributed by atoms with Crippen LogP contribution in [0.15, 0.2) is 6.20 Å². The average molecular weight is 219 g/mol. The fourth-order valence-electron chi connectivity index (χ4n) is 1.17. The van der Waals surface area contributed by atoms with Gasteiger partial charge in [0, 0.05) is 11.6 Å². The standard InChI is InChI=1S/C9H12F3N3/c1-8(2,3)6-5(9(10,11)12)4-14-7(13)15-6/h4H,1-3H3,(H2,13,14,15). The molecule has 0 saturated heterocycles. The third-order valence-corrected chi connectivity index (χ3v) is 1.82. The van der Waals surface area contributed by atoms with E-state index in [0.717, 1.165) is 6.20 Å². The van der Waals surface area contributed by atoms with E-state index in [-0.39, 0.29) is 11.6 Å². The third-order valence-electron chi connectivity index (χ3n) is 1.82. The summed E-state index contributed by atoms with van der Waals surface area (Å²) in [7, 11) is 0. The van der Waals surface area contributed by atoms with Gasteiger partial charge in [-0.3, -0.25) is 0 Å². The van der Waals surface area contributed by atoms with Gasteiger partial charge in [0.05, 0.1) is 11.3 Å². The van der Waals surface area contributed by atoms with Crippen LogP contribution in [0.25, 0.3) is 0 Å². The lowest BCUT2D eigenvalue weighted by molar-refractivity contribution is -0.139. The SMILES string of the molecule is CC(C)(C)c1nc(N)ncc1C(F)(F)F. The van der Waals surface area contributed by atoms with Crippen molar-refractivity contribution in [2.24, 2.45) is 0 Å². The van der Waals surface area contributed by atoms with Crippen LogP contribution in [0, 0.1) is 0 Å². The molecule has 0 bridgehead atoms. The maximum absolute atomic E-state index is 12.6. The van der Waals surface area contributed by atoms with E-state index in [1.807, 2.05) is 0 Å². The minimum absolute atomic E-state index is 0.0810. The van der Waals surface area contributed by atoms with E-state index in [1.165, 1.54) is 0 Å². The van der Waals surface area contributed by atoms with E-state index < -0.39 is 17.2 Å². The van der Waals surface area contributed by atoms with E-state index in [4.69, 9.17) is 5.73 Å². The van der Waals surface area contributed by atoms with Crippen molar-refractivity contribution in [3.05, 3.63) is 17.5 Å². The predicted molar refractivity (Wildman–Crippen MR) is 50.1 cm³/mol. The largest absolute Gasteiger partial charge is 0.419 e. The number of hydrogen-bond donors (Lipinski definition) is 1. The van der Waals surface area contributed by atoms with E-state index in [9.17, 15) is 13.2 Å². The van der Waals surface area contributed by atoms with Crippen molar-refractivity contribution in [2.75, 3.05) is 5.73 Å². The number of rotatable bonds is 0. The van der Waals surface area contributed by atoms with Crippen LogP contribution < -0.4 is 5.73 Å². The Morgan fingerprint density at radius 1 is 1.20 bits per heavy atom. The molecule has 0 radical (unpaired) electrons. The van der Waals surface area contributed by atoms with Crippen molar-refractivity contribution in [3.63, 3.8) is 0 Å². The summed E-state index contributed by atoms with van der Waals surface area (Å²) in [5.74, 6) is -0.145. The van der Waals surface area contributed by atoms with Crippen LogP contribution in [-0.2, 0) is 11.6 Å². The van der Waals surface area contributed by atoms with Gasteiger partial charge in [0.25, 0.3) is 0 Å². The number of anilines is 1. The molecule has 0 spiro atoms. The normalized spacial score (nSPS) is 12.9. The van der Waals surface area contributed by atoms with Gasteiger partial charge in [-0.2, -0.15) is 13.2 Å². The molecule has 3 nitrogen and oxygen atoms in total. The smallest absolute Gasteiger partial charge is 0.368 e. The van der Waals surface area contributed by atoms with Gasteiger partial charge in [-0.1, -0.05) is 20.8 Å². The highest BCUT2D eigenvalue weighted by molar-refractivity contribution is 5.31. The van der Waals surface area contributed by atoms with E-state index in [1.54, 1.807) is 20.8 Å². The number of hydrogen-bond acceptors (Lipinski definition) is 3. The predicted octanol–water partition coefficient (Wildman–Crippen LogP) is 2.38. The number of nitrogen functional groups attached to an aromatic ring is 1. The quantitative estimate of drug-likeness (QED) is 0.728. The first kappa shape index (κ1) is 11.7. The molecule has 1 aromatic rings. The first-order valence-corrected chi connectivity index (χ1v) is 4.32. The molecule has 1 rings (SSSR count). The summed E-state index contributed by atoms with van der Waals surface area (Å²) in [5.41, 5.74) is 3.65. The zero-order valence-corrected chi connectivity index (χ0v) is 8.68. The van der Waals surface area contributed by atoms with Crippen molar-refractivity contribution in [1.29, 1.82) is 0 Å². The zero-order chi connectivity index (χ0) is 11.9. The van der Waals surface area contributed by atoms with Gasteiger partial charge in [-0.05, 0) is 0 Å². The summed E-state index contributed by atoms with van der Waals surface area (Å²) in [5, 5.41) is 0. The van der Waals surface area contributed by atoms with Gasteiger partial charge in [0.2, 0.25) is 5.95 Å². The summed E-state index contributed by atoms with van der Waals surface area (Å²) in [6.45, 7) is 4.93. The number of nitrogens with two attached hydrogens (primary N) is 1. The molecular formula is C9H12F3N3.